The minimum Gasteiger partial charge on any atom is -0.394 e. The van der Waals surface area contributed by atoms with Gasteiger partial charge in [-0.3, -0.25) is 0 Å². The molecule has 0 aromatic heterocycles. The van der Waals surface area contributed by atoms with Gasteiger partial charge in [-0.1, -0.05) is 39.5 Å². The quantitative estimate of drug-likeness (QED) is 0.737. The van der Waals surface area contributed by atoms with Crippen molar-refractivity contribution in [1.82, 2.24) is 0 Å². The van der Waals surface area contributed by atoms with Crippen molar-refractivity contribution in [3.8, 4) is 0 Å². The number of aliphatic hydroxyl groups is 2. The van der Waals surface area contributed by atoms with Crippen LogP contribution in [-0.4, -0.2) is 44.1 Å². The van der Waals surface area contributed by atoms with Crippen molar-refractivity contribution in [3.05, 3.63) is 0 Å². The molecule has 1 aliphatic heterocycles. The highest BCUT2D eigenvalue weighted by Gasteiger charge is 2.28. The predicted molar refractivity (Wildman–Crippen MR) is 71.9 cm³/mol. The van der Waals surface area contributed by atoms with Crippen LogP contribution < -0.4 is 0 Å². The van der Waals surface area contributed by atoms with Crippen LogP contribution in [0.1, 0.15) is 52.4 Å². The van der Waals surface area contributed by atoms with E-state index in [0.717, 1.165) is 38.5 Å². The summed E-state index contributed by atoms with van der Waals surface area (Å²) in [5, 5.41) is 17.1. The van der Waals surface area contributed by atoms with E-state index < -0.39 is 16.5 Å². The molecule has 1 fully saturated rings. The molecular weight excluding hydrogens is 272 g/mol. The molecule has 2 unspecified atom stereocenters. The fourth-order valence-electron chi connectivity index (χ4n) is 1.48. The van der Waals surface area contributed by atoms with Crippen molar-refractivity contribution in [1.29, 1.82) is 0 Å². The average Bonchev–Trinajstić information content (AvgIpc) is 2.73. The molecule has 0 aliphatic carbocycles. The van der Waals surface area contributed by atoms with E-state index in [9.17, 15) is 8.42 Å². The molecule has 0 aromatic carbocycles. The summed E-state index contributed by atoms with van der Waals surface area (Å²) in [6.07, 6.45) is 4.85. The van der Waals surface area contributed by atoms with Gasteiger partial charge in [0.2, 0.25) is 0 Å². The molecule has 1 heterocycles. The van der Waals surface area contributed by atoms with E-state index >= 15 is 0 Å². The van der Waals surface area contributed by atoms with Crippen LogP contribution in [-0.2, 0) is 18.8 Å². The molecule has 2 N–H and O–H groups in total. The summed E-state index contributed by atoms with van der Waals surface area (Å²) in [5.74, 6) is 0. The maximum Gasteiger partial charge on any atom is 0.400 e. The molecule has 19 heavy (non-hydrogen) atoms. The van der Waals surface area contributed by atoms with Crippen molar-refractivity contribution in [2.75, 3.05) is 13.2 Å². The summed E-state index contributed by atoms with van der Waals surface area (Å²) < 4.78 is 30.1. The standard InChI is InChI=1S/C6H12O4S.C6H14O2/c1-2-3-4-6-5-9-11(7,8)10-6;1-2-3-4-6(8)5-7/h6H,2-5H2,1H3;6-8H,2-5H2,1H3. The third-order valence-corrected chi connectivity index (χ3v) is 3.57. The Morgan fingerprint density at radius 3 is 2.32 bits per heavy atom. The van der Waals surface area contributed by atoms with Gasteiger partial charge in [0.05, 0.1) is 19.3 Å². The van der Waals surface area contributed by atoms with Gasteiger partial charge in [0.1, 0.15) is 6.10 Å². The number of rotatable bonds is 7. The minimum absolute atomic E-state index is 0.0972. The van der Waals surface area contributed by atoms with E-state index in [-0.39, 0.29) is 19.3 Å². The van der Waals surface area contributed by atoms with Crippen LogP contribution in [0.15, 0.2) is 0 Å². The number of hydrogen-bond donors (Lipinski definition) is 2. The van der Waals surface area contributed by atoms with Crippen LogP contribution in [0.5, 0.6) is 0 Å². The Morgan fingerprint density at radius 2 is 1.89 bits per heavy atom. The Balaban J connectivity index is 0.000000362. The molecule has 2 atom stereocenters. The molecule has 7 heteroatoms. The highest BCUT2D eigenvalue weighted by molar-refractivity contribution is 7.82. The van der Waals surface area contributed by atoms with E-state index in [1.807, 2.05) is 6.92 Å². The Hall–Kier alpha value is -0.210. The molecule has 0 spiro atoms. The second-order valence-corrected chi connectivity index (χ2v) is 5.78. The van der Waals surface area contributed by atoms with E-state index in [2.05, 4.69) is 15.3 Å². The molecule has 6 nitrogen and oxygen atoms in total. The molecule has 0 aromatic rings. The van der Waals surface area contributed by atoms with Crippen molar-refractivity contribution in [3.63, 3.8) is 0 Å². The first-order valence-corrected chi connectivity index (χ1v) is 8.15. The zero-order chi connectivity index (χ0) is 14.7. The summed E-state index contributed by atoms with van der Waals surface area (Å²) in [6, 6.07) is 0. The molecular formula is C12H26O6S. The molecule has 0 radical (unpaired) electrons. The van der Waals surface area contributed by atoms with Crippen LogP contribution in [0.2, 0.25) is 0 Å². The molecule has 1 aliphatic rings. The Morgan fingerprint density at radius 1 is 1.26 bits per heavy atom. The lowest BCUT2D eigenvalue weighted by atomic mass is 10.2. The average molecular weight is 298 g/mol. The highest BCUT2D eigenvalue weighted by atomic mass is 32.3. The second kappa shape index (κ2) is 10.6. The van der Waals surface area contributed by atoms with Crippen LogP contribution in [0.3, 0.4) is 0 Å². The van der Waals surface area contributed by atoms with Crippen molar-refractivity contribution in [2.45, 2.75) is 64.6 Å². The first-order chi connectivity index (χ1) is 8.95. The SMILES string of the molecule is CCCCC(O)CO.CCCCC1COS(=O)(=O)O1. The predicted octanol–water partition coefficient (Wildman–Crippen LogP) is 1.37. The minimum atomic E-state index is -3.63. The Bertz CT molecular complexity index is 303. The van der Waals surface area contributed by atoms with Gasteiger partial charge in [0, 0.05) is 0 Å². The van der Waals surface area contributed by atoms with E-state index in [1.165, 1.54) is 0 Å². The van der Waals surface area contributed by atoms with Crippen molar-refractivity contribution >= 4 is 10.4 Å². The third-order valence-electron chi connectivity index (χ3n) is 2.63. The van der Waals surface area contributed by atoms with E-state index in [1.54, 1.807) is 0 Å². The number of unbranched alkanes of at least 4 members (excludes halogenated alkanes) is 2. The van der Waals surface area contributed by atoms with Crippen LogP contribution in [0.25, 0.3) is 0 Å². The summed E-state index contributed by atoms with van der Waals surface area (Å²) in [7, 11) is -3.63. The van der Waals surface area contributed by atoms with Crippen molar-refractivity contribution < 1.29 is 27.0 Å². The monoisotopic (exact) mass is 298 g/mol. The largest absolute Gasteiger partial charge is 0.400 e. The zero-order valence-electron chi connectivity index (χ0n) is 11.7. The van der Waals surface area contributed by atoms with Gasteiger partial charge in [0.25, 0.3) is 0 Å². The summed E-state index contributed by atoms with van der Waals surface area (Å²) in [5.41, 5.74) is 0. The highest BCUT2D eigenvalue weighted by Crippen LogP contribution is 2.17. The molecule has 0 bridgehead atoms. The van der Waals surface area contributed by atoms with Gasteiger partial charge in [-0.2, -0.15) is 8.42 Å². The fraction of sp³-hybridized carbons (Fsp3) is 1.00. The van der Waals surface area contributed by atoms with Crippen LogP contribution in [0.4, 0.5) is 0 Å². The van der Waals surface area contributed by atoms with Gasteiger partial charge in [-0.15, -0.1) is 0 Å². The topological polar surface area (TPSA) is 93.1 Å². The Labute approximate surface area is 116 Å². The molecule has 0 amide bonds. The summed E-state index contributed by atoms with van der Waals surface area (Å²) >= 11 is 0. The maximum atomic E-state index is 10.6. The summed E-state index contributed by atoms with van der Waals surface area (Å²) in [4.78, 5) is 0. The van der Waals surface area contributed by atoms with E-state index in [4.69, 9.17) is 10.2 Å². The van der Waals surface area contributed by atoms with E-state index in [0.29, 0.717) is 0 Å². The summed E-state index contributed by atoms with van der Waals surface area (Å²) in [6.45, 7) is 4.19. The first-order valence-electron chi connectivity index (χ1n) is 6.81. The first kappa shape index (κ1) is 18.8. The molecule has 1 rings (SSSR count). The van der Waals surface area contributed by atoms with Crippen molar-refractivity contribution in [2.24, 2.45) is 0 Å². The van der Waals surface area contributed by atoms with Gasteiger partial charge in [-0.05, 0) is 12.8 Å². The maximum absolute atomic E-state index is 10.6. The molecule has 116 valence electrons. The lowest BCUT2D eigenvalue weighted by molar-refractivity contribution is 0.0865. The van der Waals surface area contributed by atoms with Gasteiger partial charge < -0.3 is 10.2 Å². The van der Waals surface area contributed by atoms with Gasteiger partial charge in [-0.25, -0.2) is 8.37 Å². The van der Waals surface area contributed by atoms with Gasteiger partial charge in [0.15, 0.2) is 0 Å². The smallest absolute Gasteiger partial charge is 0.394 e. The lowest BCUT2D eigenvalue weighted by Crippen LogP contribution is -2.10. The lowest BCUT2D eigenvalue weighted by Gasteiger charge is -2.02. The fourth-order valence-corrected chi connectivity index (χ4v) is 2.33. The Kier molecular flexibility index (Phi) is 10.4. The second-order valence-electron chi connectivity index (χ2n) is 4.53. The number of hydrogen-bond acceptors (Lipinski definition) is 6. The normalized spacial score (nSPS) is 22.6. The molecule has 1 saturated heterocycles. The molecule has 0 saturated carbocycles. The van der Waals surface area contributed by atoms with Crippen LogP contribution in [0, 0.1) is 0 Å². The zero-order valence-corrected chi connectivity index (χ0v) is 12.6. The third kappa shape index (κ3) is 10.3. The van der Waals surface area contributed by atoms with Gasteiger partial charge >= 0.3 is 10.4 Å². The number of aliphatic hydroxyl groups excluding tert-OH is 2. The van der Waals surface area contributed by atoms with Crippen LogP contribution >= 0.6 is 0 Å².